The number of fused-ring (bicyclic) bond motifs is 1. The first-order chi connectivity index (χ1) is 9.16. The van der Waals surface area contributed by atoms with Gasteiger partial charge >= 0.3 is 5.63 Å². The van der Waals surface area contributed by atoms with Gasteiger partial charge in [0, 0.05) is 30.7 Å². The molecular formula is C13H10N2O4. The van der Waals surface area contributed by atoms with Crippen molar-refractivity contribution in [2.24, 2.45) is 4.99 Å². The molecule has 3 N–H and O–H groups in total. The third-order valence-corrected chi connectivity index (χ3v) is 2.89. The second-order valence-electron chi connectivity index (χ2n) is 4.08. The molecule has 0 bridgehead atoms. The maximum absolute atomic E-state index is 11.3. The summed E-state index contributed by atoms with van der Waals surface area (Å²) in [6.07, 6.45) is 4.74. The minimum Gasteiger partial charge on any atom is -0.507 e. The number of aliphatic imine (C=N–C) groups is 1. The van der Waals surface area contributed by atoms with Crippen LogP contribution in [0.25, 0.3) is 11.0 Å². The molecule has 1 aliphatic heterocycles. The molecule has 2 heterocycles. The van der Waals surface area contributed by atoms with Gasteiger partial charge in [-0.05, 0) is 6.07 Å². The van der Waals surface area contributed by atoms with Gasteiger partial charge in [-0.2, -0.15) is 0 Å². The van der Waals surface area contributed by atoms with E-state index in [0.717, 1.165) is 0 Å². The lowest BCUT2D eigenvalue weighted by Crippen LogP contribution is -2.19. The third-order valence-electron chi connectivity index (χ3n) is 2.89. The smallest absolute Gasteiger partial charge is 0.336 e. The Bertz CT molecular complexity index is 761. The molecule has 0 amide bonds. The topological polar surface area (TPSA) is 95.1 Å². The molecule has 2 aromatic rings. The van der Waals surface area contributed by atoms with Crippen LogP contribution in [0.1, 0.15) is 11.6 Å². The van der Waals surface area contributed by atoms with Crippen LogP contribution in [0.3, 0.4) is 0 Å². The summed E-state index contributed by atoms with van der Waals surface area (Å²) in [5, 5.41) is 23.1. The Morgan fingerprint density at radius 3 is 2.84 bits per heavy atom. The van der Waals surface area contributed by atoms with Crippen LogP contribution in [0, 0.1) is 0 Å². The lowest BCUT2D eigenvalue weighted by molar-refractivity contribution is 0.443. The van der Waals surface area contributed by atoms with Crippen molar-refractivity contribution >= 4 is 17.2 Å². The van der Waals surface area contributed by atoms with Gasteiger partial charge in [-0.15, -0.1) is 0 Å². The molecule has 0 unspecified atom stereocenters. The Morgan fingerprint density at radius 1 is 1.26 bits per heavy atom. The van der Waals surface area contributed by atoms with Gasteiger partial charge in [0.25, 0.3) is 0 Å². The van der Waals surface area contributed by atoms with Crippen molar-refractivity contribution in [2.45, 2.75) is 6.04 Å². The van der Waals surface area contributed by atoms with Gasteiger partial charge in [-0.3, -0.25) is 4.99 Å². The molecule has 0 saturated heterocycles. The summed E-state index contributed by atoms with van der Waals surface area (Å²) in [5.74, 6) is -0.318. The van der Waals surface area contributed by atoms with Crippen LogP contribution < -0.4 is 10.9 Å². The summed E-state index contributed by atoms with van der Waals surface area (Å²) in [6.45, 7) is 0. The van der Waals surface area contributed by atoms with E-state index in [4.69, 9.17) is 4.42 Å². The minimum absolute atomic E-state index is 0.143. The van der Waals surface area contributed by atoms with E-state index >= 15 is 0 Å². The number of hydrogen-bond donors (Lipinski definition) is 3. The maximum Gasteiger partial charge on any atom is 0.336 e. The number of aromatic hydroxyl groups is 2. The normalized spacial score (nSPS) is 17.6. The van der Waals surface area contributed by atoms with E-state index in [2.05, 4.69) is 10.3 Å². The van der Waals surface area contributed by atoms with Gasteiger partial charge in [-0.25, -0.2) is 4.79 Å². The highest BCUT2D eigenvalue weighted by atomic mass is 16.4. The molecule has 0 aliphatic carbocycles. The van der Waals surface area contributed by atoms with Crippen molar-refractivity contribution in [3.63, 3.8) is 0 Å². The van der Waals surface area contributed by atoms with Crippen LogP contribution >= 0.6 is 0 Å². The molecule has 96 valence electrons. The van der Waals surface area contributed by atoms with Crippen LogP contribution in [0.2, 0.25) is 0 Å². The van der Waals surface area contributed by atoms with Crippen molar-refractivity contribution in [1.82, 2.24) is 5.32 Å². The number of hydrogen-bond acceptors (Lipinski definition) is 6. The standard InChI is InChI=1S/C13H10N2O4/c16-9-5-10(17)12(8-6-14-3-4-15-8)13-7(9)1-2-11(18)19-13/h1-6,8,15-17H/t8-/m0/s1. The Labute approximate surface area is 107 Å². The van der Waals surface area contributed by atoms with Crippen molar-refractivity contribution in [2.75, 3.05) is 0 Å². The fourth-order valence-corrected chi connectivity index (χ4v) is 2.05. The second kappa shape index (κ2) is 4.16. The molecule has 3 rings (SSSR count). The maximum atomic E-state index is 11.3. The third kappa shape index (κ3) is 1.83. The molecular weight excluding hydrogens is 248 g/mol. The van der Waals surface area contributed by atoms with E-state index < -0.39 is 11.7 Å². The molecule has 1 aliphatic rings. The summed E-state index contributed by atoms with van der Waals surface area (Å²) in [4.78, 5) is 15.3. The zero-order valence-electron chi connectivity index (χ0n) is 9.70. The lowest BCUT2D eigenvalue weighted by Gasteiger charge is -2.18. The van der Waals surface area contributed by atoms with Gasteiger partial charge in [0.1, 0.15) is 11.5 Å². The zero-order valence-corrected chi connectivity index (χ0v) is 9.70. The summed E-state index contributed by atoms with van der Waals surface area (Å²) in [6, 6.07) is 3.45. The molecule has 1 aromatic heterocycles. The second-order valence-corrected chi connectivity index (χ2v) is 4.08. The van der Waals surface area contributed by atoms with Crippen LogP contribution in [0.4, 0.5) is 0 Å². The number of phenols is 2. The van der Waals surface area contributed by atoms with Gasteiger partial charge in [0.2, 0.25) is 0 Å². The molecule has 6 nitrogen and oxygen atoms in total. The number of nitrogens with one attached hydrogen (secondary N) is 1. The number of phenolic OH excluding ortho intramolecular Hbond substituents is 2. The van der Waals surface area contributed by atoms with Gasteiger partial charge in [0.15, 0.2) is 5.58 Å². The molecule has 1 aromatic carbocycles. The van der Waals surface area contributed by atoms with Crippen molar-refractivity contribution < 1.29 is 14.6 Å². The highest BCUT2D eigenvalue weighted by Crippen LogP contribution is 2.37. The first-order valence-electron chi connectivity index (χ1n) is 5.60. The fourth-order valence-electron chi connectivity index (χ4n) is 2.05. The van der Waals surface area contributed by atoms with E-state index in [1.807, 2.05) is 0 Å². The average Bonchev–Trinajstić information content (AvgIpc) is 2.39. The molecule has 1 atom stereocenters. The first kappa shape index (κ1) is 11.3. The predicted octanol–water partition coefficient (Wildman–Crippen LogP) is 1.39. The van der Waals surface area contributed by atoms with E-state index in [1.165, 1.54) is 18.2 Å². The Morgan fingerprint density at radius 2 is 2.11 bits per heavy atom. The Balaban J connectivity index is 2.33. The zero-order chi connectivity index (χ0) is 13.4. The van der Waals surface area contributed by atoms with E-state index in [0.29, 0.717) is 10.9 Å². The summed E-state index contributed by atoms with van der Waals surface area (Å²) in [7, 11) is 0. The van der Waals surface area contributed by atoms with Crippen molar-refractivity contribution in [1.29, 1.82) is 0 Å². The molecule has 0 spiro atoms. The van der Waals surface area contributed by atoms with Crippen molar-refractivity contribution in [3.05, 3.63) is 46.6 Å². The predicted molar refractivity (Wildman–Crippen MR) is 69.3 cm³/mol. The monoisotopic (exact) mass is 258 g/mol. The van der Waals surface area contributed by atoms with E-state index in [1.54, 1.807) is 18.6 Å². The largest absolute Gasteiger partial charge is 0.507 e. The number of nitrogens with zero attached hydrogens (tertiary/aromatic N) is 1. The quantitative estimate of drug-likeness (QED) is 0.672. The van der Waals surface area contributed by atoms with Crippen LogP contribution in [-0.2, 0) is 0 Å². The number of rotatable bonds is 1. The SMILES string of the molecule is O=c1ccc2c(O)cc(O)c([C@@H]3C=NC=CN3)c2o1. The Hall–Kier alpha value is -2.76. The highest BCUT2D eigenvalue weighted by molar-refractivity contribution is 5.91. The van der Waals surface area contributed by atoms with Crippen LogP contribution in [0.15, 0.2) is 44.8 Å². The molecule has 0 fully saturated rings. The van der Waals surface area contributed by atoms with Crippen LogP contribution in [0.5, 0.6) is 11.5 Å². The highest BCUT2D eigenvalue weighted by Gasteiger charge is 2.21. The Kier molecular flexibility index (Phi) is 2.49. The fraction of sp³-hybridized carbons (Fsp3) is 0.0769. The minimum atomic E-state index is -0.554. The summed E-state index contributed by atoms with van der Waals surface area (Å²) < 4.78 is 5.11. The van der Waals surface area contributed by atoms with E-state index in [9.17, 15) is 15.0 Å². The van der Waals surface area contributed by atoms with Gasteiger partial charge in [-0.1, -0.05) is 0 Å². The van der Waals surface area contributed by atoms with Gasteiger partial charge in [0.05, 0.1) is 17.0 Å². The molecule has 0 radical (unpaired) electrons. The van der Waals surface area contributed by atoms with Gasteiger partial charge < -0.3 is 19.9 Å². The van der Waals surface area contributed by atoms with Crippen molar-refractivity contribution in [3.8, 4) is 11.5 Å². The first-order valence-corrected chi connectivity index (χ1v) is 5.60. The average molecular weight is 258 g/mol. The summed E-state index contributed by atoms with van der Waals surface area (Å²) in [5.41, 5.74) is -0.0510. The van der Waals surface area contributed by atoms with Crippen LogP contribution in [-0.4, -0.2) is 16.4 Å². The lowest BCUT2D eigenvalue weighted by atomic mass is 10.0. The molecule has 6 heteroatoms. The molecule has 0 saturated carbocycles. The molecule has 19 heavy (non-hydrogen) atoms. The number of benzene rings is 1. The summed E-state index contributed by atoms with van der Waals surface area (Å²) >= 11 is 0. The van der Waals surface area contributed by atoms with E-state index in [-0.39, 0.29) is 17.1 Å².